The molecule has 3 fully saturated rings. The van der Waals surface area contributed by atoms with Crippen LogP contribution in [0, 0.1) is 11.2 Å². The zero-order valence-corrected chi connectivity index (χ0v) is 23.5. The summed E-state index contributed by atoms with van der Waals surface area (Å²) in [5, 5.41) is 10.0. The number of rotatable bonds is 8. The molecule has 2 amide bonds. The summed E-state index contributed by atoms with van der Waals surface area (Å²) < 4.78 is 62.3. The summed E-state index contributed by atoms with van der Waals surface area (Å²) in [6.45, 7) is 2.23. The number of aromatic nitrogens is 1. The molecule has 0 radical (unpaired) electrons. The summed E-state index contributed by atoms with van der Waals surface area (Å²) in [6.07, 6.45) is -0.198. The maximum Gasteiger partial charge on any atom is 0.395 e. The van der Waals surface area contributed by atoms with Gasteiger partial charge in [-0.2, -0.15) is 13.2 Å². The number of carbonyl (C=O) groups excluding carboxylic acids is 2. The van der Waals surface area contributed by atoms with Gasteiger partial charge in [-0.1, -0.05) is 12.8 Å². The average Bonchev–Trinajstić information content (AvgIpc) is 3.24. The minimum absolute atomic E-state index is 0.0000918. The number of hydrogen-bond acceptors (Lipinski definition) is 6. The van der Waals surface area contributed by atoms with Crippen molar-refractivity contribution in [2.75, 3.05) is 26.2 Å². The van der Waals surface area contributed by atoms with Crippen LogP contribution in [0.5, 0.6) is 5.75 Å². The van der Waals surface area contributed by atoms with E-state index >= 15 is 4.39 Å². The SMILES string of the molecule is C[C@@]1(C(N)=O)C[C@@H](O)CN1C(=O)c1ccc(-c2ccc(OCC3CCCCN3CC3(C(F)(F)F)CCC3)cn2)c(F)c1. The standard InChI is InChI=1S/C30H36F4N4O4/c1-28(27(35)41)14-21(39)16-38(28)26(40)19-6-8-23(24(31)13-19)25-9-7-22(15-36-25)42-17-20-5-2-3-12-37(20)18-29(10-4-11-29)30(32,33)34/h6-9,13,15,20-21,39H,2-5,10-12,14,16-18H2,1H3,(H2,35,41)/t20?,21-,28+/m1/s1. The molecule has 1 unspecified atom stereocenters. The van der Waals surface area contributed by atoms with Crippen molar-refractivity contribution < 1.29 is 37.0 Å². The topological polar surface area (TPSA) is 109 Å². The smallest absolute Gasteiger partial charge is 0.395 e. The number of carbonyl (C=O) groups is 2. The summed E-state index contributed by atoms with van der Waals surface area (Å²) in [7, 11) is 0. The van der Waals surface area contributed by atoms with E-state index in [0.29, 0.717) is 24.4 Å². The van der Waals surface area contributed by atoms with E-state index in [1.54, 1.807) is 12.1 Å². The number of amides is 2. The zero-order valence-electron chi connectivity index (χ0n) is 23.5. The molecule has 42 heavy (non-hydrogen) atoms. The lowest BCUT2D eigenvalue weighted by Crippen LogP contribution is -2.56. The van der Waals surface area contributed by atoms with E-state index in [9.17, 15) is 27.9 Å². The molecule has 2 aromatic rings. The number of likely N-dealkylation sites (tertiary alicyclic amines) is 2. The maximum atomic E-state index is 15.1. The second-order valence-electron chi connectivity index (χ2n) is 12.0. The van der Waals surface area contributed by atoms with Gasteiger partial charge in [0.05, 0.1) is 23.4 Å². The van der Waals surface area contributed by atoms with Crippen LogP contribution in [0.25, 0.3) is 11.3 Å². The van der Waals surface area contributed by atoms with Crippen LogP contribution in [-0.4, -0.2) is 81.8 Å². The van der Waals surface area contributed by atoms with Gasteiger partial charge in [0.15, 0.2) is 0 Å². The quantitative estimate of drug-likeness (QED) is 0.443. The lowest BCUT2D eigenvalue weighted by atomic mass is 9.67. The zero-order chi connectivity index (χ0) is 30.3. The largest absolute Gasteiger partial charge is 0.490 e. The van der Waals surface area contributed by atoms with Crippen LogP contribution in [0.1, 0.15) is 62.2 Å². The van der Waals surface area contributed by atoms with Crippen molar-refractivity contribution in [2.24, 2.45) is 11.1 Å². The van der Waals surface area contributed by atoms with Crippen LogP contribution in [0.15, 0.2) is 36.5 Å². The molecular formula is C30H36F4N4O4. The van der Waals surface area contributed by atoms with Crippen LogP contribution in [-0.2, 0) is 4.79 Å². The van der Waals surface area contributed by atoms with Gasteiger partial charge < -0.3 is 20.5 Å². The summed E-state index contributed by atoms with van der Waals surface area (Å²) in [5.74, 6) is -1.65. The molecule has 1 saturated carbocycles. The lowest BCUT2D eigenvalue weighted by Gasteiger charge is -2.48. The molecule has 3 heterocycles. The first kappa shape index (κ1) is 30.2. The van der Waals surface area contributed by atoms with Crippen molar-refractivity contribution in [3.05, 3.63) is 47.9 Å². The van der Waals surface area contributed by atoms with Gasteiger partial charge in [0.1, 0.15) is 23.7 Å². The highest BCUT2D eigenvalue weighted by Gasteiger charge is 2.59. The van der Waals surface area contributed by atoms with E-state index in [1.165, 1.54) is 30.2 Å². The van der Waals surface area contributed by atoms with E-state index in [0.717, 1.165) is 25.3 Å². The van der Waals surface area contributed by atoms with Crippen molar-refractivity contribution in [3.8, 4) is 17.0 Å². The third-order valence-electron chi connectivity index (χ3n) is 9.24. The normalized spacial score (nSPS) is 26.1. The van der Waals surface area contributed by atoms with Crippen LogP contribution in [0.2, 0.25) is 0 Å². The molecule has 1 aromatic heterocycles. The van der Waals surface area contributed by atoms with Gasteiger partial charge in [-0.3, -0.25) is 19.5 Å². The van der Waals surface area contributed by atoms with Crippen molar-refractivity contribution in [2.45, 2.75) is 75.7 Å². The molecule has 3 N–H and O–H groups in total. The number of halogens is 4. The van der Waals surface area contributed by atoms with E-state index in [4.69, 9.17) is 10.5 Å². The summed E-state index contributed by atoms with van der Waals surface area (Å²) >= 11 is 0. The Bertz CT molecular complexity index is 1320. The molecule has 1 aliphatic carbocycles. The monoisotopic (exact) mass is 592 g/mol. The number of nitrogens with two attached hydrogens (primary N) is 1. The molecule has 5 rings (SSSR count). The van der Waals surface area contributed by atoms with E-state index in [1.807, 2.05) is 4.90 Å². The fourth-order valence-corrected chi connectivity index (χ4v) is 6.40. The number of aliphatic hydroxyl groups is 1. The minimum Gasteiger partial charge on any atom is -0.490 e. The highest BCUT2D eigenvalue weighted by molar-refractivity contribution is 5.99. The Morgan fingerprint density at radius 1 is 1.17 bits per heavy atom. The number of aliphatic hydroxyl groups excluding tert-OH is 1. The van der Waals surface area contributed by atoms with Crippen molar-refractivity contribution >= 4 is 11.8 Å². The molecule has 12 heteroatoms. The van der Waals surface area contributed by atoms with Gasteiger partial charge in [0, 0.05) is 36.7 Å². The molecule has 2 aliphatic heterocycles. The first-order chi connectivity index (χ1) is 19.8. The highest BCUT2D eigenvalue weighted by atomic mass is 19.4. The van der Waals surface area contributed by atoms with Crippen molar-refractivity contribution in [3.63, 3.8) is 0 Å². The third kappa shape index (κ3) is 5.70. The number of benzene rings is 1. The Morgan fingerprint density at radius 3 is 2.52 bits per heavy atom. The fraction of sp³-hybridized carbons (Fsp3) is 0.567. The number of β-amino-alcohol motifs (C(OH)–C–C–N with tert-alkyl or cyclic N) is 1. The predicted octanol–water partition coefficient (Wildman–Crippen LogP) is 4.30. The van der Waals surface area contributed by atoms with Gasteiger partial charge in [-0.25, -0.2) is 4.39 Å². The van der Waals surface area contributed by atoms with Gasteiger partial charge in [0.2, 0.25) is 5.91 Å². The highest BCUT2D eigenvalue weighted by Crippen LogP contribution is 2.53. The summed E-state index contributed by atoms with van der Waals surface area (Å²) in [6, 6.07) is 6.96. The van der Waals surface area contributed by atoms with Crippen molar-refractivity contribution in [1.82, 2.24) is 14.8 Å². The fourth-order valence-electron chi connectivity index (χ4n) is 6.40. The number of piperidine rings is 1. The summed E-state index contributed by atoms with van der Waals surface area (Å²) in [4.78, 5) is 32.5. The van der Waals surface area contributed by atoms with Crippen LogP contribution < -0.4 is 10.5 Å². The number of ether oxygens (including phenoxy) is 1. The lowest BCUT2D eigenvalue weighted by molar-refractivity contribution is -0.258. The van der Waals surface area contributed by atoms with Crippen molar-refractivity contribution in [1.29, 1.82) is 0 Å². The molecule has 1 aromatic carbocycles. The molecule has 3 aliphatic rings. The molecule has 0 bridgehead atoms. The number of primary amides is 1. The molecule has 2 saturated heterocycles. The van der Waals surface area contributed by atoms with Gasteiger partial charge in [0.25, 0.3) is 5.91 Å². The van der Waals surface area contributed by atoms with Crippen LogP contribution in [0.4, 0.5) is 17.6 Å². The molecule has 3 atom stereocenters. The molecule has 228 valence electrons. The number of nitrogens with zero attached hydrogens (tertiary/aromatic N) is 3. The molecule has 8 nitrogen and oxygen atoms in total. The number of hydrogen-bond donors (Lipinski definition) is 2. The van der Waals surface area contributed by atoms with Gasteiger partial charge in [-0.05, 0) is 69.5 Å². The Kier molecular flexibility index (Phi) is 8.23. The van der Waals surface area contributed by atoms with E-state index in [2.05, 4.69) is 4.98 Å². The Hall–Kier alpha value is -3.25. The average molecular weight is 593 g/mol. The molecule has 0 spiro atoms. The Balaban J connectivity index is 1.23. The predicted molar refractivity (Wildman–Crippen MR) is 146 cm³/mol. The maximum absolute atomic E-state index is 15.1. The third-order valence-corrected chi connectivity index (χ3v) is 9.24. The Morgan fingerprint density at radius 2 is 1.93 bits per heavy atom. The van der Waals surface area contributed by atoms with E-state index in [-0.39, 0.29) is 56.1 Å². The van der Waals surface area contributed by atoms with E-state index < -0.39 is 40.9 Å². The van der Waals surface area contributed by atoms with Gasteiger partial charge >= 0.3 is 6.18 Å². The first-order valence-corrected chi connectivity index (χ1v) is 14.3. The minimum atomic E-state index is -4.21. The second-order valence-corrected chi connectivity index (χ2v) is 12.0. The Labute approximate surface area is 241 Å². The second kappa shape index (κ2) is 11.4. The van der Waals surface area contributed by atoms with Crippen LogP contribution in [0.3, 0.4) is 0 Å². The number of alkyl halides is 3. The first-order valence-electron chi connectivity index (χ1n) is 14.3. The number of pyridine rings is 1. The molecular weight excluding hydrogens is 556 g/mol. The van der Waals surface area contributed by atoms with Crippen LogP contribution >= 0.6 is 0 Å². The van der Waals surface area contributed by atoms with Gasteiger partial charge in [-0.15, -0.1) is 0 Å². The summed E-state index contributed by atoms with van der Waals surface area (Å²) in [5.41, 5.74) is 2.93.